The lowest BCUT2D eigenvalue weighted by atomic mass is 9.95. The average molecular weight is 684 g/mol. The van der Waals surface area contributed by atoms with Gasteiger partial charge in [-0.1, -0.05) is 134 Å². The van der Waals surface area contributed by atoms with Crippen LogP contribution in [0.4, 0.5) is 0 Å². The van der Waals surface area contributed by atoms with E-state index in [2.05, 4.69) is 134 Å². The molecule has 0 fully saturated rings. The zero-order valence-corrected chi connectivity index (χ0v) is 29.4. The summed E-state index contributed by atoms with van der Waals surface area (Å²) in [7, 11) is 0. The Kier molecular flexibility index (Phi) is 8.07. The van der Waals surface area contributed by atoms with Crippen molar-refractivity contribution in [2.45, 2.75) is 6.92 Å². The van der Waals surface area contributed by atoms with Crippen molar-refractivity contribution in [1.29, 1.82) is 0 Å². The second-order valence-electron chi connectivity index (χ2n) is 12.9. The lowest BCUT2D eigenvalue weighted by molar-refractivity contribution is 1.04. The third-order valence-corrected chi connectivity index (χ3v) is 10.8. The summed E-state index contributed by atoms with van der Waals surface area (Å²) in [5.74, 6) is 1.86. The predicted octanol–water partition coefficient (Wildman–Crippen LogP) is 13.3. The smallest absolute Gasteiger partial charge is 0.164 e. The van der Waals surface area contributed by atoms with Crippen molar-refractivity contribution in [3.63, 3.8) is 0 Å². The van der Waals surface area contributed by atoms with Gasteiger partial charge in [-0.2, -0.15) is 0 Å². The highest BCUT2D eigenvalue weighted by molar-refractivity contribution is 7.25. The van der Waals surface area contributed by atoms with E-state index in [4.69, 9.17) is 15.0 Å². The maximum Gasteiger partial charge on any atom is 0.164 e. The average Bonchev–Trinajstić information content (AvgIpc) is 3.57. The van der Waals surface area contributed by atoms with E-state index in [1.54, 1.807) is 6.08 Å². The van der Waals surface area contributed by atoms with Crippen molar-refractivity contribution in [2.75, 3.05) is 0 Å². The van der Waals surface area contributed by atoms with E-state index in [0.717, 1.165) is 33.4 Å². The zero-order chi connectivity index (χ0) is 35.0. The van der Waals surface area contributed by atoms with Gasteiger partial charge >= 0.3 is 0 Å². The minimum absolute atomic E-state index is 0.605. The maximum atomic E-state index is 4.93. The summed E-state index contributed by atoms with van der Waals surface area (Å²) in [4.78, 5) is 14.6. The molecular weight excluding hydrogens is 651 g/mol. The number of benzene rings is 7. The van der Waals surface area contributed by atoms with Gasteiger partial charge in [0.1, 0.15) is 0 Å². The SMILES string of the molecule is C=C/C(=C\C)c1nc(-c2ccccc2)nc(-c2cccc(-c3cccc(-c4cccc(-c5ccc6sc7cc8ccccc8cc7c6c5)c4)c3)c2)n1. The van der Waals surface area contributed by atoms with Crippen LogP contribution in [0.2, 0.25) is 0 Å². The van der Waals surface area contributed by atoms with Gasteiger partial charge in [-0.25, -0.2) is 15.0 Å². The largest absolute Gasteiger partial charge is 0.208 e. The first kappa shape index (κ1) is 31.5. The van der Waals surface area contributed by atoms with Crippen LogP contribution in [0.15, 0.2) is 176 Å². The van der Waals surface area contributed by atoms with Crippen LogP contribution in [0.1, 0.15) is 12.7 Å². The second kappa shape index (κ2) is 13.3. The van der Waals surface area contributed by atoms with Gasteiger partial charge in [0.2, 0.25) is 0 Å². The highest BCUT2D eigenvalue weighted by atomic mass is 32.1. The van der Waals surface area contributed by atoms with Crippen molar-refractivity contribution in [3.05, 3.63) is 182 Å². The van der Waals surface area contributed by atoms with E-state index in [-0.39, 0.29) is 0 Å². The van der Waals surface area contributed by atoms with Gasteiger partial charge in [-0.05, 0) is 93.5 Å². The molecule has 0 aliphatic carbocycles. The van der Waals surface area contributed by atoms with E-state index in [1.165, 1.54) is 47.6 Å². The first-order valence-electron chi connectivity index (χ1n) is 17.4. The predicted molar refractivity (Wildman–Crippen MR) is 221 cm³/mol. The molecule has 3 nitrogen and oxygen atoms in total. The molecule has 246 valence electrons. The molecule has 9 rings (SSSR count). The molecule has 0 aliphatic heterocycles. The normalized spacial score (nSPS) is 11.8. The molecule has 9 aromatic rings. The summed E-state index contributed by atoms with van der Waals surface area (Å²) >= 11 is 1.87. The van der Waals surface area contributed by atoms with Crippen molar-refractivity contribution < 1.29 is 0 Å². The second-order valence-corrected chi connectivity index (χ2v) is 14.0. The van der Waals surface area contributed by atoms with E-state index in [1.807, 2.05) is 54.7 Å². The summed E-state index contributed by atoms with van der Waals surface area (Å²) in [6.07, 6.45) is 3.76. The molecule has 0 spiro atoms. The van der Waals surface area contributed by atoms with E-state index in [0.29, 0.717) is 17.5 Å². The van der Waals surface area contributed by atoms with Gasteiger partial charge in [-0.3, -0.25) is 0 Å². The molecule has 0 saturated heterocycles. The van der Waals surface area contributed by atoms with Crippen molar-refractivity contribution in [3.8, 4) is 56.2 Å². The summed E-state index contributed by atoms with van der Waals surface area (Å²) in [5, 5.41) is 5.19. The summed E-state index contributed by atoms with van der Waals surface area (Å²) < 4.78 is 2.64. The van der Waals surface area contributed by atoms with Crippen LogP contribution < -0.4 is 0 Å². The van der Waals surface area contributed by atoms with Crippen LogP contribution in [0.3, 0.4) is 0 Å². The Labute approximate surface area is 307 Å². The molecule has 0 bridgehead atoms. The van der Waals surface area contributed by atoms with Crippen molar-refractivity contribution in [2.24, 2.45) is 0 Å². The van der Waals surface area contributed by atoms with Crippen LogP contribution in [0, 0.1) is 0 Å². The highest BCUT2D eigenvalue weighted by Crippen LogP contribution is 2.39. The van der Waals surface area contributed by atoms with Crippen LogP contribution in [-0.2, 0) is 0 Å². The maximum absolute atomic E-state index is 4.93. The summed E-state index contributed by atoms with van der Waals surface area (Å²) in [6.45, 7) is 5.95. The molecule has 0 N–H and O–H groups in total. The molecule has 0 amide bonds. The van der Waals surface area contributed by atoms with Crippen molar-refractivity contribution in [1.82, 2.24) is 15.0 Å². The standard InChI is InChI=1S/C48H33N3S/c1-3-31(4-2)46-49-47(32-13-6-5-7-14-32)51-48(50-46)41-22-12-21-37(27-41)35-19-10-17-33(25-35)34-18-11-20-36(26-34)40-23-24-44-42(29-40)43-28-38-15-8-9-16-39(38)30-45(43)52-44/h3-30H,1H2,2H3/b31-4+. The Balaban J connectivity index is 1.07. The third kappa shape index (κ3) is 5.89. The number of hydrogen-bond acceptors (Lipinski definition) is 4. The number of nitrogens with zero attached hydrogens (tertiary/aromatic N) is 3. The fourth-order valence-electron chi connectivity index (χ4n) is 6.93. The Morgan fingerprint density at radius 2 is 0.962 bits per heavy atom. The molecule has 0 saturated carbocycles. The monoisotopic (exact) mass is 683 g/mol. The number of fused-ring (bicyclic) bond motifs is 4. The molecule has 7 aromatic carbocycles. The zero-order valence-electron chi connectivity index (χ0n) is 28.6. The summed E-state index contributed by atoms with van der Waals surface area (Å²) in [6, 6.07) is 56.2. The number of thiophene rings is 1. The fraction of sp³-hybridized carbons (Fsp3) is 0.0208. The molecule has 0 radical (unpaired) electrons. The van der Waals surface area contributed by atoms with Crippen molar-refractivity contribution >= 4 is 47.9 Å². The van der Waals surface area contributed by atoms with E-state index < -0.39 is 0 Å². The lowest BCUT2D eigenvalue weighted by Crippen LogP contribution is -2.02. The number of rotatable bonds is 7. The van der Waals surface area contributed by atoms with Crippen LogP contribution in [-0.4, -0.2) is 15.0 Å². The van der Waals surface area contributed by atoms with Crippen LogP contribution >= 0.6 is 11.3 Å². The molecule has 0 unspecified atom stereocenters. The molecule has 52 heavy (non-hydrogen) atoms. The van der Waals surface area contributed by atoms with Gasteiger partial charge in [-0.15, -0.1) is 11.3 Å². The first-order chi connectivity index (χ1) is 25.6. The minimum atomic E-state index is 0.605. The van der Waals surface area contributed by atoms with E-state index >= 15 is 0 Å². The molecule has 2 heterocycles. The number of hydrogen-bond donors (Lipinski definition) is 0. The lowest BCUT2D eigenvalue weighted by Gasteiger charge is -2.11. The Morgan fingerprint density at radius 3 is 1.58 bits per heavy atom. The minimum Gasteiger partial charge on any atom is -0.208 e. The van der Waals surface area contributed by atoms with Gasteiger partial charge < -0.3 is 0 Å². The first-order valence-corrected chi connectivity index (χ1v) is 18.2. The molecule has 4 heteroatoms. The highest BCUT2D eigenvalue weighted by Gasteiger charge is 2.14. The Bertz CT molecular complexity index is 2830. The molecule has 0 atom stereocenters. The molecule has 2 aromatic heterocycles. The van der Waals surface area contributed by atoms with Gasteiger partial charge in [0, 0.05) is 36.9 Å². The van der Waals surface area contributed by atoms with E-state index in [9.17, 15) is 0 Å². The Hall–Kier alpha value is -6.49. The number of aromatic nitrogens is 3. The van der Waals surface area contributed by atoms with Gasteiger partial charge in [0.05, 0.1) is 0 Å². The Morgan fingerprint density at radius 1 is 0.462 bits per heavy atom. The van der Waals surface area contributed by atoms with Crippen LogP contribution in [0.25, 0.3) is 92.7 Å². The summed E-state index contributed by atoms with van der Waals surface area (Å²) in [5.41, 5.74) is 9.71. The quantitative estimate of drug-likeness (QED) is 0.157. The van der Waals surface area contributed by atoms with Gasteiger partial charge in [0.25, 0.3) is 0 Å². The van der Waals surface area contributed by atoms with Crippen LogP contribution in [0.5, 0.6) is 0 Å². The number of allylic oxidation sites excluding steroid dienone is 3. The molecular formula is C48H33N3S. The van der Waals surface area contributed by atoms with Gasteiger partial charge in [0.15, 0.2) is 17.5 Å². The molecule has 0 aliphatic rings. The topological polar surface area (TPSA) is 38.7 Å². The third-order valence-electron chi connectivity index (χ3n) is 9.64. The fourth-order valence-corrected chi connectivity index (χ4v) is 8.04.